The second-order valence-corrected chi connectivity index (χ2v) is 3.86. The summed E-state index contributed by atoms with van der Waals surface area (Å²) in [6.07, 6.45) is 0.745. The van der Waals surface area contributed by atoms with E-state index in [0.717, 1.165) is 21.7 Å². The van der Waals surface area contributed by atoms with E-state index < -0.39 is 0 Å². The maximum absolute atomic E-state index is 5.21. The van der Waals surface area contributed by atoms with Crippen LogP contribution in [0.1, 0.15) is 18.9 Å². The van der Waals surface area contributed by atoms with Crippen molar-refractivity contribution in [3.8, 4) is 0 Å². The minimum atomic E-state index is 0.745. The molecule has 0 saturated heterocycles. The minimum Gasteiger partial charge on any atom is -0.0896 e. The van der Waals surface area contributed by atoms with Crippen LogP contribution in [0.2, 0.25) is 0 Å². The summed E-state index contributed by atoms with van der Waals surface area (Å²) in [5.74, 6) is 0. The number of thiocarbonyl (C=S) groups is 2. The third-order valence-corrected chi connectivity index (χ3v) is 2.03. The first-order valence-electron chi connectivity index (χ1n) is 3.78. The van der Waals surface area contributed by atoms with Crippen LogP contribution in [-0.4, -0.2) is 9.73 Å². The standard InChI is InChI=1S/C10H10S2/c1-8(11)7-10(12)9-5-3-2-4-6-9/h2-6H,7H2,1H3. The molecule has 0 spiro atoms. The quantitative estimate of drug-likeness (QED) is 0.535. The molecule has 0 aromatic heterocycles. The highest BCUT2D eigenvalue weighted by atomic mass is 32.1. The minimum absolute atomic E-state index is 0.745. The van der Waals surface area contributed by atoms with Crippen LogP contribution >= 0.6 is 24.4 Å². The van der Waals surface area contributed by atoms with E-state index in [0.29, 0.717) is 0 Å². The van der Waals surface area contributed by atoms with Crippen molar-refractivity contribution < 1.29 is 0 Å². The van der Waals surface area contributed by atoms with Gasteiger partial charge in [0.2, 0.25) is 0 Å². The average molecular weight is 194 g/mol. The average Bonchev–Trinajstić information content (AvgIpc) is 2.05. The summed E-state index contributed by atoms with van der Waals surface area (Å²) < 4.78 is 0. The Morgan fingerprint density at radius 1 is 1.17 bits per heavy atom. The van der Waals surface area contributed by atoms with Crippen molar-refractivity contribution in [1.82, 2.24) is 0 Å². The zero-order valence-electron chi connectivity index (χ0n) is 6.91. The van der Waals surface area contributed by atoms with Gasteiger partial charge in [-0.1, -0.05) is 54.8 Å². The Hall–Kier alpha value is -0.600. The van der Waals surface area contributed by atoms with E-state index in [4.69, 9.17) is 24.4 Å². The summed E-state index contributed by atoms with van der Waals surface area (Å²) in [6.45, 7) is 1.92. The van der Waals surface area contributed by atoms with Crippen molar-refractivity contribution in [2.24, 2.45) is 0 Å². The van der Waals surface area contributed by atoms with Gasteiger partial charge in [0.15, 0.2) is 0 Å². The SMILES string of the molecule is CC(=S)CC(=S)c1ccccc1. The molecule has 0 heterocycles. The second-order valence-electron chi connectivity index (χ2n) is 2.67. The summed E-state index contributed by atoms with van der Waals surface area (Å²) in [5, 5.41) is 0. The first-order chi connectivity index (χ1) is 5.70. The van der Waals surface area contributed by atoms with Crippen LogP contribution < -0.4 is 0 Å². The maximum atomic E-state index is 5.21. The normalized spacial score (nSPS) is 9.42. The molecule has 2 heteroatoms. The molecule has 0 unspecified atom stereocenters. The Labute approximate surface area is 83.6 Å². The fourth-order valence-electron chi connectivity index (χ4n) is 0.952. The van der Waals surface area contributed by atoms with Gasteiger partial charge in [-0.15, -0.1) is 0 Å². The predicted molar refractivity (Wildman–Crippen MR) is 61.0 cm³/mol. The van der Waals surface area contributed by atoms with E-state index in [1.54, 1.807) is 0 Å². The zero-order chi connectivity index (χ0) is 8.97. The molecule has 12 heavy (non-hydrogen) atoms. The lowest BCUT2D eigenvalue weighted by Gasteiger charge is -2.00. The van der Waals surface area contributed by atoms with Crippen LogP contribution in [0.15, 0.2) is 30.3 Å². The van der Waals surface area contributed by atoms with Crippen molar-refractivity contribution in [2.45, 2.75) is 13.3 Å². The number of benzene rings is 1. The molecule has 62 valence electrons. The Morgan fingerprint density at radius 3 is 2.25 bits per heavy atom. The van der Waals surface area contributed by atoms with Gasteiger partial charge in [-0.05, 0) is 17.4 Å². The van der Waals surface area contributed by atoms with Crippen molar-refractivity contribution in [2.75, 3.05) is 0 Å². The Bertz CT molecular complexity index is 288. The highest BCUT2D eigenvalue weighted by Gasteiger charge is 1.99. The van der Waals surface area contributed by atoms with Gasteiger partial charge in [0.1, 0.15) is 0 Å². The molecule has 0 saturated carbocycles. The molecular formula is C10H10S2. The van der Waals surface area contributed by atoms with Gasteiger partial charge in [-0.25, -0.2) is 0 Å². The lowest BCUT2D eigenvalue weighted by Crippen LogP contribution is -2.01. The van der Waals surface area contributed by atoms with Gasteiger partial charge in [-0.2, -0.15) is 0 Å². The fraction of sp³-hybridized carbons (Fsp3) is 0.200. The predicted octanol–water partition coefficient (Wildman–Crippen LogP) is 3.18. The van der Waals surface area contributed by atoms with Crippen LogP contribution in [0.4, 0.5) is 0 Å². The first-order valence-corrected chi connectivity index (χ1v) is 4.59. The summed E-state index contributed by atoms with van der Waals surface area (Å²) in [4.78, 5) is 1.88. The van der Waals surface area contributed by atoms with E-state index >= 15 is 0 Å². The van der Waals surface area contributed by atoms with Gasteiger partial charge in [-0.3, -0.25) is 0 Å². The molecular weight excluding hydrogens is 184 g/mol. The first kappa shape index (κ1) is 9.49. The molecule has 0 aliphatic heterocycles. The molecule has 0 N–H and O–H groups in total. The molecule has 0 aliphatic rings. The van der Waals surface area contributed by atoms with Crippen molar-refractivity contribution >= 4 is 34.2 Å². The van der Waals surface area contributed by atoms with Gasteiger partial charge in [0, 0.05) is 11.3 Å². The third kappa shape index (κ3) is 2.80. The highest BCUT2D eigenvalue weighted by molar-refractivity contribution is 7.82. The lowest BCUT2D eigenvalue weighted by molar-refractivity contribution is 1.57. The largest absolute Gasteiger partial charge is 0.0896 e. The molecule has 1 aromatic rings. The van der Waals surface area contributed by atoms with Crippen LogP contribution in [0.25, 0.3) is 0 Å². The van der Waals surface area contributed by atoms with E-state index in [-0.39, 0.29) is 0 Å². The number of hydrogen-bond donors (Lipinski definition) is 0. The van der Waals surface area contributed by atoms with Crippen molar-refractivity contribution in [3.05, 3.63) is 35.9 Å². The molecule has 0 radical (unpaired) electrons. The molecule has 1 rings (SSSR count). The smallest absolute Gasteiger partial charge is 0.0273 e. The number of hydrogen-bond acceptors (Lipinski definition) is 2. The molecule has 0 nitrogen and oxygen atoms in total. The van der Waals surface area contributed by atoms with E-state index in [2.05, 4.69) is 0 Å². The fourth-order valence-corrected chi connectivity index (χ4v) is 1.54. The highest BCUT2D eigenvalue weighted by Crippen LogP contribution is 2.05. The topological polar surface area (TPSA) is 0 Å². The summed E-state index contributed by atoms with van der Waals surface area (Å²) >= 11 is 10.2. The van der Waals surface area contributed by atoms with Crippen LogP contribution in [-0.2, 0) is 0 Å². The molecule has 0 bridgehead atoms. The Kier molecular flexibility index (Phi) is 3.50. The maximum Gasteiger partial charge on any atom is 0.0273 e. The molecule has 0 aliphatic carbocycles. The van der Waals surface area contributed by atoms with Crippen molar-refractivity contribution in [1.29, 1.82) is 0 Å². The Balaban J connectivity index is 2.73. The summed E-state index contributed by atoms with van der Waals surface area (Å²) in [5.41, 5.74) is 1.11. The van der Waals surface area contributed by atoms with Gasteiger partial charge >= 0.3 is 0 Å². The summed E-state index contributed by atoms with van der Waals surface area (Å²) in [7, 11) is 0. The van der Waals surface area contributed by atoms with Gasteiger partial charge in [0.25, 0.3) is 0 Å². The van der Waals surface area contributed by atoms with Crippen LogP contribution in [0, 0.1) is 0 Å². The lowest BCUT2D eigenvalue weighted by atomic mass is 10.1. The summed E-state index contributed by atoms with van der Waals surface area (Å²) in [6, 6.07) is 9.98. The third-order valence-electron chi connectivity index (χ3n) is 1.51. The van der Waals surface area contributed by atoms with Crippen LogP contribution in [0.3, 0.4) is 0 Å². The van der Waals surface area contributed by atoms with Crippen LogP contribution in [0.5, 0.6) is 0 Å². The number of rotatable bonds is 3. The Morgan fingerprint density at radius 2 is 1.75 bits per heavy atom. The van der Waals surface area contributed by atoms with Gasteiger partial charge < -0.3 is 0 Å². The molecule has 0 fully saturated rings. The molecule has 0 amide bonds. The van der Waals surface area contributed by atoms with E-state index in [9.17, 15) is 0 Å². The molecule has 1 aromatic carbocycles. The molecule has 0 atom stereocenters. The van der Waals surface area contributed by atoms with Crippen molar-refractivity contribution in [3.63, 3.8) is 0 Å². The monoisotopic (exact) mass is 194 g/mol. The van der Waals surface area contributed by atoms with Gasteiger partial charge in [0.05, 0.1) is 0 Å². The zero-order valence-corrected chi connectivity index (χ0v) is 8.54. The van der Waals surface area contributed by atoms with E-state index in [1.807, 2.05) is 37.3 Å². The second kappa shape index (κ2) is 4.43. The van der Waals surface area contributed by atoms with E-state index in [1.165, 1.54) is 0 Å².